The van der Waals surface area contributed by atoms with Crippen molar-refractivity contribution in [2.45, 2.75) is 13.0 Å². The van der Waals surface area contributed by atoms with E-state index in [0.29, 0.717) is 15.7 Å². The maximum absolute atomic E-state index is 11.9. The molecule has 0 bridgehead atoms. The first kappa shape index (κ1) is 18.1. The fourth-order valence-electron chi connectivity index (χ4n) is 2.08. The van der Waals surface area contributed by atoms with Crippen LogP contribution in [0.5, 0.6) is 0 Å². The Bertz CT molecular complexity index is 723. The van der Waals surface area contributed by atoms with Gasteiger partial charge in [-0.3, -0.25) is 4.79 Å². The number of amides is 3. The fraction of sp³-hybridized carbons (Fsp3) is 0.176. The van der Waals surface area contributed by atoms with Crippen LogP contribution in [0.2, 0.25) is 10.0 Å². The van der Waals surface area contributed by atoms with E-state index in [9.17, 15) is 9.59 Å². The third kappa shape index (κ3) is 5.44. The minimum Gasteiger partial charge on any atom is -0.348 e. The van der Waals surface area contributed by atoms with E-state index in [2.05, 4.69) is 16.0 Å². The van der Waals surface area contributed by atoms with Gasteiger partial charge in [-0.2, -0.15) is 0 Å². The van der Waals surface area contributed by atoms with E-state index >= 15 is 0 Å². The number of urea groups is 1. The van der Waals surface area contributed by atoms with Gasteiger partial charge in [0.25, 0.3) is 0 Å². The zero-order chi connectivity index (χ0) is 17.5. The Kier molecular flexibility index (Phi) is 6.46. The van der Waals surface area contributed by atoms with Crippen molar-refractivity contribution in [1.82, 2.24) is 10.6 Å². The highest BCUT2D eigenvalue weighted by atomic mass is 35.5. The largest absolute Gasteiger partial charge is 0.348 e. The van der Waals surface area contributed by atoms with E-state index in [0.717, 1.165) is 5.56 Å². The van der Waals surface area contributed by atoms with Gasteiger partial charge in [-0.05, 0) is 36.8 Å². The van der Waals surface area contributed by atoms with Crippen molar-refractivity contribution >= 4 is 40.8 Å². The molecule has 0 aliphatic heterocycles. The molecular weight excluding hydrogens is 349 g/mol. The fourth-order valence-corrected chi connectivity index (χ4v) is 2.65. The van der Waals surface area contributed by atoms with Crippen LogP contribution >= 0.6 is 23.2 Å². The first-order chi connectivity index (χ1) is 11.5. The molecule has 5 nitrogen and oxygen atoms in total. The molecule has 1 atom stereocenters. The van der Waals surface area contributed by atoms with Crippen molar-refractivity contribution in [2.75, 3.05) is 11.9 Å². The number of halogens is 2. The Morgan fingerprint density at radius 2 is 1.79 bits per heavy atom. The van der Waals surface area contributed by atoms with E-state index in [-0.39, 0.29) is 18.5 Å². The Morgan fingerprint density at radius 1 is 1.08 bits per heavy atom. The summed E-state index contributed by atoms with van der Waals surface area (Å²) >= 11 is 12.0. The van der Waals surface area contributed by atoms with E-state index < -0.39 is 6.03 Å². The highest BCUT2D eigenvalue weighted by Gasteiger charge is 2.13. The Labute approximate surface area is 150 Å². The summed E-state index contributed by atoms with van der Waals surface area (Å²) in [6, 6.07) is 13.3. The van der Waals surface area contributed by atoms with E-state index in [1.807, 2.05) is 6.07 Å². The first-order valence-electron chi connectivity index (χ1n) is 7.30. The molecule has 0 fully saturated rings. The molecule has 0 saturated heterocycles. The molecule has 2 rings (SSSR count). The third-order valence-corrected chi connectivity index (χ3v) is 3.81. The summed E-state index contributed by atoms with van der Waals surface area (Å²) in [5.74, 6) is -0.322. The monoisotopic (exact) mass is 365 g/mol. The Morgan fingerprint density at radius 3 is 2.46 bits per heavy atom. The predicted molar refractivity (Wildman–Crippen MR) is 96.5 cm³/mol. The molecule has 0 radical (unpaired) electrons. The van der Waals surface area contributed by atoms with E-state index in [4.69, 9.17) is 23.2 Å². The summed E-state index contributed by atoms with van der Waals surface area (Å²) in [4.78, 5) is 23.7. The predicted octanol–water partition coefficient (Wildman–Crippen LogP) is 3.99. The maximum atomic E-state index is 11.9. The zero-order valence-electron chi connectivity index (χ0n) is 13.0. The van der Waals surface area contributed by atoms with Gasteiger partial charge in [0.15, 0.2) is 0 Å². The van der Waals surface area contributed by atoms with Crippen molar-refractivity contribution < 1.29 is 9.59 Å². The summed E-state index contributed by atoms with van der Waals surface area (Å²) in [5.41, 5.74) is 1.40. The van der Waals surface area contributed by atoms with Crippen LogP contribution in [0.25, 0.3) is 0 Å². The Hall–Kier alpha value is -2.24. The second-order valence-electron chi connectivity index (χ2n) is 5.13. The number of nitrogens with one attached hydrogen (secondary N) is 3. The van der Waals surface area contributed by atoms with Crippen molar-refractivity contribution in [3.05, 3.63) is 64.1 Å². The van der Waals surface area contributed by atoms with Gasteiger partial charge in [-0.25, -0.2) is 4.79 Å². The summed E-state index contributed by atoms with van der Waals surface area (Å²) < 4.78 is 0. The highest BCUT2D eigenvalue weighted by molar-refractivity contribution is 6.35. The lowest BCUT2D eigenvalue weighted by atomic mass is 10.1. The Balaban J connectivity index is 1.81. The first-order valence-corrected chi connectivity index (χ1v) is 8.05. The lowest BCUT2D eigenvalue weighted by Crippen LogP contribution is -2.39. The van der Waals surface area contributed by atoms with Crippen LogP contribution in [0.1, 0.15) is 18.5 Å². The molecule has 2 aromatic rings. The van der Waals surface area contributed by atoms with Crippen LogP contribution < -0.4 is 16.0 Å². The standard InChI is InChI=1S/C17H17Cl2N3O2/c1-11(14-8-7-12(18)9-15(14)19)21-16(23)10-20-17(24)22-13-5-3-2-4-6-13/h2-9,11H,10H2,1H3,(H,21,23)(H2,20,22,24). The normalized spacial score (nSPS) is 11.5. The quantitative estimate of drug-likeness (QED) is 0.749. The van der Waals surface area contributed by atoms with Gasteiger partial charge in [-0.1, -0.05) is 47.5 Å². The summed E-state index contributed by atoms with van der Waals surface area (Å²) in [7, 11) is 0. The number of benzene rings is 2. The van der Waals surface area contributed by atoms with Crippen LogP contribution in [0.15, 0.2) is 48.5 Å². The zero-order valence-corrected chi connectivity index (χ0v) is 14.5. The molecular formula is C17H17Cl2N3O2. The second-order valence-corrected chi connectivity index (χ2v) is 5.97. The number of carbonyl (C=O) groups excluding carboxylic acids is 2. The number of carbonyl (C=O) groups is 2. The van der Waals surface area contributed by atoms with Crippen LogP contribution in [0.4, 0.5) is 10.5 Å². The average molecular weight is 366 g/mol. The molecule has 0 spiro atoms. The molecule has 3 N–H and O–H groups in total. The van der Waals surface area contributed by atoms with Gasteiger partial charge in [-0.15, -0.1) is 0 Å². The SMILES string of the molecule is CC(NC(=O)CNC(=O)Nc1ccccc1)c1ccc(Cl)cc1Cl. The van der Waals surface area contributed by atoms with Gasteiger partial charge in [0.2, 0.25) is 5.91 Å². The molecule has 7 heteroatoms. The van der Waals surface area contributed by atoms with E-state index in [1.165, 1.54) is 0 Å². The smallest absolute Gasteiger partial charge is 0.319 e. The molecule has 2 aromatic carbocycles. The van der Waals surface area contributed by atoms with Gasteiger partial charge < -0.3 is 16.0 Å². The van der Waals surface area contributed by atoms with Crippen LogP contribution in [-0.2, 0) is 4.79 Å². The summed E-state index contributed by atoms with van der Waals surface area (Å²) in [6.07, 6.45) is 0. The molecule has 24 heavy (non-hydrogen) atoms. The molecule has 0 heterocycles. The topological polar surface area (TPSA) is 70.2 Å². The number of para-hydroxylation sites is 1. The van der Waals surface area contributed by atoms with Crippen molar-refractivity contribution in [3.63, 3.8) is 0 Å². The lowest BCUT2D eigenvalue weighted by molar-refractivity contribution is -0.120. The summed E-state index contributed by atoms with van der Waals surface area (Å²) in [6.45, 7) is 1.66. The molecule has 0 aliphatic carbocycles. The van der Waals surface area contributed by atoms with Gasteiger partial charge in [0.1, 0.15) is 0 Å². The number of rotatable bonds is 5. The van der Waals surface area contributed by atoms with Crippen LogP contribution in [0.3, 0.4) is 0 Å². The molecule has 0 aliphatic rings. The number of hydrogen-bond acceptors (Lipinski definition) is 2. The van der Waals surface area contributed by atoms with Crippen LogP contribution in [-0.4, -0.2) is 18.5 Å². The van der Waals surface area contributed by atoms with Crippen molar-refractivity contribution in [2.24, 2.45) is 0 Å². The molecule has 3 amide bonds. The van der Waals surface area contributed by atoms with Crippen molar-refractivity contribution in [1.29, 1.82) is 0 Å². The van der Waals surface area contributed by atoms with E-state index in [1.54, 1.807) is 49.4 Å². The van der Waals surface area contributed by atoms with Crippen molar-refractivity contribution in [3.8, 4) is 0 Å². The molecule has 0 aromatic heterocycles. The number of anilines is 1. The maximum Gasteiger partial charge on any atom is 0.319 e. The lowest BCUT2D eigenvalue weighted by Gasteiger charge is -2.16. The summed E-state index contributed by atoms with van der Waals surface area (Å²) in [5, 5.41) is 8.90. The molecule has 126 valence electrons. The third-order valence-electron chi connectivity index (χ3n) is 3.25. The van der Waals surface area contributed by atoms with Gasteiger partial charge in [0, 0.05) is 15.7 Å². The second kappa shape index (κ2) is 8.57. The minimum atomic E-state index is -0.450. The average Bonchev–Trinajstić information content (AvgIpc) is 2.53. The number of hydrogen-bond donors (Lipinski definition) is 3. The van der Waals surface area contributed by atoms with Gasteiger partial charge in [0.05, 0.1) is 12.6 Å². The van der Waals surface area contributed by atoms with Gasteiger partial charge >= 0.3 is 6.03 Å². The van der Waals surface area contributed by atoms with Crippen LogP contribution in [0, 0.1) is 0 Å². The molecule has 1 unspecified atom stereocenters. The highest BCUT2D eigenvalue weighted by Crippen LogP contribution is 2.25. The molecule has 0 saturated carbocycles. The minimum absolute atomic E-state index is 0.145.